The number of nitrogens with zero attached hydrogens (tertiary/aromatic N) is 1. The zero-order valence-corrected chi connectivity index (χ0v) is 9.11. The first kappa shape index (κ1) is 9.70. The zero-order valence-electron chi connectivity index (χ0n) is 9.11. The average Bonchev–Trinajstić information content (AvgIpc) is 2.68. The average molecular weight is 189 g/mol. The molecule has 1 fully saturated rings. The molecule has 1 saturated carbocycles. The fraction of sp³-hybridized carbons (Fsp3) is 0.615. The molecule has 14 heavy (non-hydrogen) atoms. The van der Waals surface area contributed by atoms with E-state index in [2.05, 4.69) is 31.0 Å². The summed E-state index contributed by atoms with van der Waals surface area (Å²) >= 11 is 0. The molecule has 0 N–H and O–H groups in total. The fourth-order valence-electron chi connectivity index (χ4n) is 2.51. The van der Waals surface area contributed by atoms with E-state index in [1.54, 1.807) is 0 Å². The molecule has 1 aliphatic carbocycles. The first-order valence-corrected chi connectivity index (χ1v) is 5.68. The molecular formula is C13H19N. The maximum absolute atomic E-state index is 4.45. The minimum absolute atomic E-state index is 0.726. The minimum atomic E-state index is 0.726. The lowest BCUT2D eigenvalue weighted by Crippen LogP contribution is -2.04. The summed E-state index contributed by atoms with van der Waals surface area (Å²) in [6, 6.07) is 6.27. The van der Waals surface area contributed by atoms with E-state index < -0.39 is 0 Å². The lowest BCUT2D eigenvalue weighted by Gasteiger charge is -2.14. The smallest absolute Gasteiger partial charge is 0.0434 e. The molecule has 0 aromatic carbocycles. The van der Waals surface area contributed by atoms with Crippen molar-refractivity contribution in [2.75, 3.05) is 0 Å². The van der Waals surface area contributed by atoms with E-state index in [4.69, 9.17) is 0 Å². The molecule has 1 aliphatic rings. The van der Waals surface area contributed by atoms with Crippen LogP contribution in [0.15, 0.2) is 24.4 Å². The van der Waals surface area contributed by atoms with Crippen LogP contribution in [0.1, 0.15) is 44.7 Å². The second-order valence-electron chi connectivity index (χ2n) is 4.77. The van der Waals surface area contributed by atoms with Gasteiger partial charge in [0.2, 0.25) is 0 Å². The standard InChI is InChI=1S/C13H19N/c1-10(2)11-6-7-12(9-11)13-5-3-4-8-14-13/h3-5,8,10-12H,6-7,9H2,1-2H3. The van der Waals surface area contributed by atoms with Gasteiger partial charge in [0.15, 0.2) is 0 Å². The molecule has 0 spiro atoms. The van der Waals surface area contributed by atoms with E-state index in [1.165, 1.54) is 25.0 Å². The number of hydrogen-bond acceptors (Lipinski definition) is 1. The maximum atomic E-state index is 4.45. The van der Waals surface area contributed by atoms with Gasteiger partial charge in [0.25, 0.3) is 0 Å². The zero-order chi connectivity index (χ0) is 9.97. The highest BCUT2D eigenvalue weighted by atomic mass is 14.7. The summed E-state index contributed by atoms with van der Waals surface area (Å²) < 4.78 is 0. The highest BCUT2D eigenvalue weighted by Gasteiger charge is 2.28. The van der Waals surface area contributed by atoms with Crippen molar-refractivity contribution in [3.8, 4) is 0 Å². The van der Waals surface area contributed by atoms with Crippen molar-refractivity contribution in [3.63, 3.8) is 0 Å². The molecular weight excluding hydrogens is 170 g/mol. The van der Waals surface area contributed by atoms with Gasteiger partial charge in [-0.05, 0) is 43.2 Å². The van der Waals surface area contributed by atoms with Crippen molar-refractivity contribution < 1.29 is 0 Å². The molecule has 1 nitrogen and oxygen atoms in total. The molecule has 0 bridgehead atoms. The van der Waals surface area contributed by atoms with Crippen molar-refractivity contribution in [2.45, 2.75) is 39.0 Å². The van der Waals surface area contributed by atoms with Gasteiger partial charge in [-0.25, -0.2) is 0 Å². The molecule has 0 saturated heterocycles. The van der Waals surface area contributed by atoms with E-state index in [1.807, 2.05) is 12.3 Å². The lowest BCUT2D eigenvalue weighted by molar-refractivity contribution is 0.391. The molecule has 1 heterocycles. The van der Waals surface area contributed by atoms with Crippen molar-refractivity contribution >= 4 is 0 Å². The first-order valence-electron chi connectivity index (χ1n) is 5.68. The molecule has 2 atom stereocenters. The summed E-state index contributed by atoms with van der Waals surface area (Å²) in [5.74, 6) is 2.48. The van der Waals surface area contributed by atoms with Gasteiger partial charge < -0.3 is 0 Å². The van der Waals surface area contributed by atoms with E-state index >= 15 is 0 Å². The third-order valence-corrected chi connectivity index (χ3v) is 3.52. The Balaban J connectivity index is 2.03. The first-order chi connectivity index (χ1) is 6.77. The van der Waals surface area contributed by atoms with Crippen molar-refractivity contribution in [1.29, 1.82) is 0 Å². The summed E-state index contributed by atoms with van der Waals surface area (Å²) in [4.78, 5) is 4.45. The van der Waals surface area contributed by atoms with Crippen LogP contribution in [0.5, 0.6) is 0 Å². The highest BCUT2D eigenvalue weighted by Crippen LogP contribution is 2.40. The minimum Gasteiger partial charge on any atom is -0.261 e. The van der Waals surface area contributed by atoms with Crippen molar-refractivity contribution in [2.24, 2.45) is 11.8 Å². The van der Waals surface area contributed by atoms with Crippen LogP contribution in [-0.2, 0) is 0 Å². The number of hydrogen-bond donors (Lipinski definition) is 0. The Morgan fingerprint density at radius 2 is 2.14 bits per heavy atom. The van der Waals surface area contributed by atoms with E-state index in [9.17, 15) is 0 Å². The van der Waals surface area contributed by atoms with Crippen LogP contribution >= 0.6 is 0 Å². The van der Waals surface area contributed by atoms with Crippen LogP contribution in [0, 0.1) is 11.8 Å². The van der Waals surface area contributed by atoms with Crippen LogP contribution < -0.4 is 0 Å². The van der Waals surface area contributed by atoms with Gasteiger partial charge in [-0.2, -0.15) is 0 Å². The van der Waals surface area contributed by atoms with Gasteiger partial charge in [0.1, 0.15) is 0 Å². The normalized spacial score (nSPS) is 27.1. The van der Waals surface area contributed by atoms with E-state index in [-0.39, 0.29) is 0 Å². The Kier molecular flexibility index (Phi) is 2.85. The summed E-state index contributed by atoms with van der Waals surface area (Å²) in [7, 11) is 0. The van der Waals surface area contributed by atoms with Crippen molar-refractivity contribution in [3.05, 3.63) is 30.1 Å². The Morgan fingerprint density at radius 1 is 1.29 bits per heavy atom. The van der Waals surface area contributed by atoms with Crippen LogP contribution in [0.2, 0.25) is 0 Å². The maximum Gasteiger partial charge on any atom is 0.0434 e. The Labute approximate surface area is 86.6 Å². The van der Waals surface area contributed by atoms with Gasteiger partial charge in [-0.1, -0.05) is 19.9 Å². The van der Waals surface area contributed by atoms with Gasteiger partial charge >= 0.3 is 0 Å². The Bertz CT molecular complexity index is 279. The summed E-state index contributed by atoms with van der Waals surface area (Å²) in [5, 5.41) is 0. The second kappa shape index (κ2) is 4.12. The number of pyridine rings is 1. The fourth-order valence-corrected chi connectivity index (χ4v) is 2.51. The molecule has 0 radical (unpaired) electrons. The topological polar surface area (TPSA) is 12.9 Å². The molecule has 1 aromatic rings. The molecule has 0 aliphatic heterocycles. The molecule has 1 heteroatoms. The lowest BCUT2D eigenvalue weighted by atomic mass is 9.92. The summed E-state index contributed by atoms with van der Waals surface area (Å²) in [6.07, 6.45) is 5.98. The second-order valence-corrected chi connectivity index (χ2v) is 4.77. The highest BCUT2D eigenvalue weighted by molar-refractivity contribution is 5.11. The summed E-state index contributed by atoms with van der Waals surface area (Å²) in [5.41, 5.74) is 1.30. The molecule has 1 aromatic heterocycles. The Hall–Kier alpha value is -0.850. The monoisotopic (exact) mass is 189 g/mol. The molecule has 76 valence electrons. The van der Waals surface area contributed by atoms with Crippen LogP contribution in [0.25, 0.3) is 0 Å². The van der Waals surface area contributed by atoms with Crippen LogP contribution in [0.3, 0.4) is 0 Å². The van der Waals surface area contributed by atoms with E-state index in [0.717, 1.165) is 17.8 Å². The predicted molar refractivity (Wildman–Crippen MR) is 59.2 cm³/mol. The van der Waals surface area contributed by atoms with Gasteiger partial charge in [-0.3, -0.25) is 4.98 Å². The predicted octanol–water partition coefficient (Wildman–Crippen LogP) is 3.62. The number of aromatic nitrogens is 1. The van der Waals surface area contributed by atoms with Gasteiger partial charge in [0, 0.05) is 17.8 Å². The summed E-state index contributed by atoms with van der Waals surface area (Å²) in [6.45, 7) is 4.68. The number of rotatable bonds is 2. The molecule has 0 amide bonds. The van der Waals surface area contributed by atoms with Gasteiger partial charge in [0.05, 0.1) is 0 Å². The largest absolute Gasteiger partial charge is 0.261 e. The van der Waals surface area contributed by atoms with Crippen LogP contribution in [-0.4, -0.2) is 4.98 Å². The molecule has 2 unspecified atom stereocenters. The third-order valence-electron chi connectivity index (χ3n) is 3.52. The molecule has 2 rings (SSSR count). The quantitative estimate of drug-likeness (QED) is 0.692. The van der Waals surface area contributed by atoms with E-state index in [0.29, 0.717) is 0 Å². The van der Waals surface area contributed by atoms with Crippen LogP contribution in [0.4, 0.5) is 0 Å². The Morgan fingerprint density at radius 3 is 2.71 bits per heavy atom. The van der Waals surface area contributed by atoms with Crippen molar-refractivity contribution in [1.82, 2.24) is 4.98 Å². The SMILES string of the molecule is CC(C)C1CCC(c2ccccn2)C1. The third kappa shape index (κ3) is 1.97. The van der Waals surface area contributed by atoms with Gasteiger partial charge in [-0.15, -0.1) is 0 Å².